The Labute approximate surface area is 54.9 Å². The van der Waals surface area contributed by atoms with Crippen LogP contribution in [0.3, 0.4) is 0 Å². The Bertz CT molecular complexity index is 179. The summed E-state index contributed by atoms with van der Waals surface area (Å²) in [5, 5.41) is 2.78. The summed E-state index contributed by atoms with van der Waals surface area (Å²) in [6.45, 7) is 5.86. The van der Waals surface area contributed by atoms with Gasteiger partial charge in [0, 0.05) is 5.57 Å². The monoisotopic (exact) mass is 125 g/mol. The van der Waals surface area contributed by atoms with Gasteiger partial charge >= 0.3 is 0 Å². The lowest BCUT2D eigenvalue weighted by atomic mass is 9.85. The number of carbonyl (C=O) groups is 1. The zero-order valence-electron chi connectivity index (χ0n) is 5.99. The van der Waals surface area contributed by atoms with Gasteiger partial charge in [-0.3, -0.25) is 4.79 Å². The number of carbonyl (C=O) groups excluding carboxylic acids is 1. The van der Waals surface area contributed by atoms with Crippen LogP contribution in [0.25, 0.3) is 0 Å². The van der Waals surface area contributed by atoms with Crippen molar-refractivity contribution in [2.45, 2.75) is 26.3 Å². The first-order chi connectivity index (χ1) is 4.08. The topological polar surface area (TPSA) is 29.1 Å². The van der Waals surface area contributed by atoms with Crippen molar-refractivity contribution < 1.29 is 4.79 Å². The van der Waals surface area contributed by atoms with Crippen LogP contribution in [0.15, 0.2) is 11.6 Å². The summed E-state index contributed by atoms with van der Waals surface area (Å²) in [5.74, 6) is 0.0718. The molecule has 0 aromatic rings. The maximum atomic E-state index is 10.7. The average Bonchev–Trinajstić information content (AvgIpc) is 1.63. The molecule has 1 rings (SSSR count). The average molecular weight is 125 g/mol. The van der Waals surface area contributed by atoms with E-state index in [-0.39, 0.29) is 11.4 Å². The molecule has 0 spiro atoms. The van der Waals surface area contributed by atoms with Crippen molar-refractivity contribution in [3.05, 3.63) is 11.6 Å². The first-order valence-corrected chi connectivity index (χ1v) is 3.07. The first kappa shape index (κ1) is 6.33. The molecule has 1 heterocycles. The van der Waals surface area contributed by atoms with E-state index < -0.39 is 0 Å². The first-order valence-electron chi connectivity index (χ1n) is 3.07. The zero-order valence-corrected chi connectivity index (χ0v) is 5.99. The molecule has 2 heteroatoms. The molecule has 0 bridgehead atoms. The van der Waals surface area contributed by atoms with Crippen molar-refractivity contribution in [3.8, 4) is 0 Å². The van der Waals surface area contributed by atoms with Crippen LogP contribution >= 0.6 is 0 Å². The standard InChI is InChI=1S/C7H11NO/c1-4-5-6(9)8-7(5,2)3/h4H,1-3H3,(H,8,9)/b5-4-. The third kappa shape index (κ3) is 0.745. The molecule has 0 aliphatic carbocycles. The number of rotatable bonds is 0. The quantitative estimate of drug-likeness (QED) is 0.377. The lowest BCUT2D eigenvalue weighted by molar-refractivity contribution is -0.124. The van der Waals surface area contributed by atoms with E-state index in [4.69, 9.17) is 0 Å². The van der Waals surface area contributed by atoms with E-state index in [9.17, 15) is 4.79 Å². The fourth-order valence-electron chi connectivity index (χ4n) is 1.13. The van der Waals surface area contributed by atoms with Gasteiger partial charge in [-0.15, -0.1) is 0 Å². The van der Waals surface area contributed by atoms with Crippen LogP contribution < -0.4 is 5.32 Å². The van der Waals surface area contributed by atoms with Crippen LogP contribution in [0.4, 0.5) is 0 Å². The fourth-order valence-corrected chi connectivity index (χ4v) is 1.13. The molecule has 0 aromatic heterocycles. The molecule has 9 heavy (non-hydrogen) atoms. The molecular weight excluding hydrogens is 114 g/mol. The molecule has 50 valence electrons. The highest BCUT2D eigenvalue weighted by Gasteiger charge is 2.38. The molecule has 1 fully saturated rings. The van der Waals surface area contributed by atoms with Gasteiger partial charge in [0.25, 0.3) is 0 Å². The lowest BCUT2D eigenvalue weighted by Gasteiger charge is -2.38. The van der Waals surface area contributed by atoms with Crippen LogP contribution in [0.5, 0.6) is 0 Å². The van der Waals surface area contributed by atoms with Crippen molar-refractivity contribution in [1.82, 2.24) is 5.32 Å². The van der Waals surface area contributed by atoms with Crippen molar-refractivity contribution in [2.24, 2.45) is 0 Å². The molecule has 1 N–H and O–H groups in total. The normalized spacial score (nSPS) is 27.4. The number of β-lactam (4-membered cyclic amide) rings is 1. The van der Waals surface area contributed by atoms with Crippen LogP contribution in [0.2, 0.25) is 0 Å². The van der Waals surface area contributed by atoms with Gasteiger partial charge in [-0.2, -0.15) is 0 Å². The molecule has 1 saturated heterocycles. The molecule has 1 aliphatic rings. The maximum Gasteiger partial charge on any atom is 0.249 e. The van der Waals surface area contributed by atoms with Gasteiger partial charge in [-0.05, 0) is 20.8 Å². The van der Waals surface area contributed by atoms with E-state index >= 15 is 0 Å². The molecule has 0 atom stereocenters. The smallest absolute Gasteiger partial charge is 0.249 e. The molecular formula is C7H11NO. The van der Waals surface area contributed by atoms with Crippen molar-refractivity contribution >= 4 is 5.91 Å². The molecule has 0 radical (unpaired) electrons. The van der Waals surface area contributed by atoms with Crippen LogP contribution in [0.1, 0.15) is 20.8 Å². The second kappa shape index (κ2) is 1.59. The summed E-state index contributed by atoms with van der Waals surface area (Å²) < 4.78 is 0. The minimum Gasteiger partial charge on any atom is -0.343 e. The van der Waals surface area contributed by atoms with Gasteiger partial charge in [0.15, 0.2) is 0 Å². The van der Waals surface area contributed by atoms with Gasteiger partial charge in [0.05, 0.1) is 5.54 Å². The second-order valence-corrected chi connectivity index (χ2v) is 2.78. The van der Waals surface area contributed by atoms with Gasteiger partial charge in [0.2, 0.25) is 5.91 Å². The summed E-state index contributed by atoms with van der Waals surface area (Å²) in [5.41, 5.74) is 0.814. The van der Waals surface area contributed by atoms with Gasteiger partial charge in [0.1, 0.15) is 0 Å². The Balaban J connectivity index is 2.82. The Hall–Kier alpha value is -0.790. The highest BCUT2D eigenvalue weighted by molar-refractivity contribution is 6.03. The van der Waals surface area contributed by atoms with Gasteiger partial charge in [-0.25, -0.2) is 0 Å². The minimum absolute atomic E-state index is 0.0718. The van der Waals surface area contributed by atoms with Crippen molar-refractivity contribution in [1.29, 1.82) is 0 Å². The highest BCUT2D eigenvalue weighted by atomic mass is 16.2. The number of amides is 1. The molecule has 0 aromatic carbocycles. The summed E-state index contributed by atoms with van der Waals surface area (Å²) >= 11 is 0. The van der Waals surface area contributed by atoms with E-state index in [0.29, 0.717) is 0 Å². The molecule has 2 nitrogen and oxygen atoms in total. The van der Waals surface area contributed by atoms with Crippen LogP contribution in [0, 0.1) is 0 Å². The largest absolute Gasteiger partial charge is 0.343 e. The van der Waals surface area contributed by atoms with E-state index in [1.165, 1.54) is 0 Å². The Kier molecular flexibility index (Phi) is 1.12. The zero-order chi connectivity index (χ0) is 7.07. The van der Waals surface area contributed by atoms with E-state index in [1.54, 1.807) is 0 Å². The Morgan fingerprint density at radius 2 is 2.11 bits per heavy atom. The SMILES string of the molecule is C/C=C1/C(=O)NC1(C)C. The molecule has 1 aliphatic heterocycles. The third-order valence-corrected chi connectivity index (χ3v) is 1.63. The molecule has 0 saturated carbocycles. The summed E-state index contributed by atoms with van der Waals surface area (Å²) in [6.07, 6.45) is 1.86. The number of nitrogens with one attached hydrogen (secondary N) is 1. The second-order valence-electron chi connectivity index (χ2n) is 2.78. The highest BCUT2D eigenvalue weighted by Crippen LogP contribution is 2.24. The van der Waals surface area contributed by atoms with E-state index in [0.717, 1.165) is 5.57 Å². The number of allylic oxidation sites excluding steroid dienone is 1. The van der Waals surface area contributed by atoms with Gasteiger partial charge < -0.3 is 5.32 Å². The van der Waals surface area contributed by atoms with Crippen LogP contribution in [-0.4, -0.2) is 11.4 Å². The van der Waals surface area contributed by atoms with Crippen molar-refractivity contribution in [2.75, 3.05) is 0 Å². The minimum atomic E-state index is -0.0775. The molecule has 1 amide bonds. The Morgan fingerprint density at radius 1 is 1.56 bits per heavy atom. The molecule has 0 unspecified atom stereocenters. The maximum absolute atomic E-state index is 10.7. The predicted molar refractivity (Wildman–Crippen MR) is 36.0 cm³/mol. The summed E-state index contributed by atoms with van der Waals surface area (Å²) in [6, 6.07) is 0. The van der Waals surface area contributed by atoms with Gasteiger partial charge in [-0.1, -0.05) is 6.08 Å². The summed E-state index contributed by atoms with van der Waals surface area (Å²) in [4.78, 5) is 10.7. The van der Waals surface area contributed by atoms with Crippen LogP contribution in [-0.2, 0) is 4.79 Å². The van der Waals surface area contributed by atoms with E-state index in [1.807, 2.05) is 26.8 Å². The third-order valence-electron chi connectivity index (χ3n) is 1.63. The number of hydrogen-bond acceptors (Lipinski definition) is 1. The fraction of sp³-hybridized carbons (Fsp3) is 0.571. The lowest BCUT2D eigenvalue weighted by Crippen LogP contribution is -2.59. The number of hydrogen-bond donors (Lipinski definition) is 1. The predicted octanol–water partition coefficient (Wildman–Crippen LogP) is 0.841. The van der Waals surface area contributed by atoms with E-state index in [2.05, 4.69) is 5.32 Å². The Morgan fingerprint density at radius 3 is 2.22 bits per heavy atom. The van der Waals surface area contributed by atoms with Crippen molar-refractivity contribution in [3.63, 3.8) is 0 Å². The summed E-state index contributed by atoms with van der Waals surface area (Å²) in [7, 11) is 0.